The van der Waals surface area contributed by atoms with Gasteiger partial charge in [-0.25, -0.2) is 0 Å². The minimum absolute atomic E-state index is 0.000185. The molecule has 0 aliphatic heterocycles. The summed E-state index contributed by atoms with van der Waals surface area (Å²) in [7, 11) is 0. The lowest BCUT2D eigenvalue weighted by Gasteiger charge is -2.15. The molecule has 3 nitrogen and oxygen atoms in total. The van der Waals surface area contributed by atoms with E-state index in [0.29, 0.717) is 0 Å². The number of nitrogens with two attached hydrogens (primary N) is 1. The second-order valence-electron chi connectivity index (χ2n) is 4.12. The van der Waals surface area contributed by atoms with Crippen LogP contribution in [-0.4, -0.2) is 9.78 Å². The van der Waals surface area contributed by atoms with Gasteiger partial charge in [0.1, 0.15) is 0 Å². The minimum Gasteiger partial charge on any atom is -0.322 e. The van der Waals surface area contributed by atoms with E-state index in [-0.39, 0.29) is 6.04 Å². The molecule has 2 aromatic rings. The summed E-state index contributed by atoms with van der Waals surface area (Å²) in [6.45, 7) is 4.85. The third kappa shape index (κ3) is 2.14. The second kappa shape index (κ2) is 4.49. The monoisotopic (exact) mass is 215 g/mol. The molecule has 84 valence electrons. The first kappa shape index (κ1) is 10.9. The van der Waals surface area contributed by atoms with Crippen LogP contribution in [0.5, 0.6) is 0 Å². The predicted molar refractivity (Wildman–Crippen MR) is 65.1 cm³/mol. The first-order valence-corrected chi connectivity index (χ1v) is 5.48. The fourth-order valence-corrected chi connectivity index (χ4v) is 1.88. The first-order valence-electron chi connectivity index (χ1n) is 5.48. The van der Waals surface area contributed by atoms with Crippen LogP contribution in [0.3, 0.4) is 0 Å². The summed E-state index contributed by atoms with van der Waals surface area (Å²) >= 11 is 0. The third-order valence-corrected chi connectivity index (χ3v) is 2.89. The van der Waals surface area contributed by atoms with Crippen molar-refractivity contribution in [1.82, 2.24) is 9.78 Å². The van der Waals surface area contributed by atoms with Crippen LogP contribution in [0.15, 0.2) is 36.5 Å². The van der Waals surface area contributed by atoms with E-state index in [1.165, 1.54) is 11.1 Å². The Labute approximate surface area is 95.9 Å². The van der Waals surface area contributed by atoms with Gasteiger partial charge < -0.3 is 5.73 Å². The Morgan fingerprint density at radius 3 is 2.62 bits per heavy atom. The topological polar surface area (TPSA) is 43.8 Å². The van der Waals surface area contributed by atoms with Gasteiger partial charge in [0.15, 0.2) is 0 Å². The molecule has 0 radical (unpaired) electrons. The third-order valence-electron chi connectivity index (χ3n) is 2.89. The van der Waals surface area contributed by atoms with Gasteiger partial charge >= 0.3 is 0 Å². The molecule has 0 fully saturated rings. The van der Waals surface area contributed by atoms with Gasteiger partial charge in [-0.3, -0.25) is 4.68 Å². The van der Waals surface area contributed by atoms with E-state index < -0.39 is 0 Å². The molecule has 16 heavy (non-hydrogen) atoms. The molecule has 2 N–H and O–H groups in total. The number of benzene rings is 1. The largest absolute Gasteiger partial charge is 0.322 e. The molecule has 3 heteroatoms. The SMILES string of the molecule is Cc1ccccc1C(N)Cn1nccc1C. The van der Waals surface area contributed by atoms with Crippen LogP contribution < -0.4 is 5.73 Å². The second-order valence-corrected chi connectivity index (χ2v) is 4.12. The van der Waals surface area contributed by atoms with Crippen LogP contribution in [0.2, 0.25) is 0 Å². The molecule has 1 aromatic carbocycles. The van der Waals surface area contributed by atoms with Gasteiger partial charge in [0.25, 0.3) is 0 Å². The van der Waals surface area contributed by atoms with Crippen molar-refractivity contribution in [3.05, 3.63) is 53.3 Å². The highest BCUT2D eigenvalue weighted by Crippen LogP contribution is 2.17. The summed E-state index contributed by atoms with van der Waals surface area (Å²) < 4.78 is 1.94. The first-order chi connectivity index (χ1) is 7.68. The molecular formula is C13H17N3. The fraction of sp³-hybridized carbons (Fsp3) is 0.308. The number of aryl methyl sites for hydroxylation is 2. The molecule has 1 aromatic heterocycles. The Morgan fingerprint density at radius 2 is 2.00 bits per heavy atom. The molecule has 1 heterocycles. The van der Waals surface area contributed by atoms with Crippen molar-refractivity contribution in [2.45, 2.75) is 26.4 Å². The van der Waals surface area contributed by atoms with Crippen LogP contribution >= 0.6 is 0 Å². The Bertz CT molecular complexity index is 474. The van der Waals surface area contributed by atoms with E-state index in [0.717, 1.165) is 12.2 Å². The average molecular weight is 215 g/mol. The summed E-state index contributed by atoms with van der Waals surface area (Å²) in [6.07, 6.45) is 1.81. The summed E-state index contributed by atoms with van der Waals surface area (Å²) in [5, 5.41) is 4.25. The molecular weight excluding hydrogens is 198 g/mol. The molecule has 0 amide bonds. The van der Waals surface area contributed by atoms with Crippen LogP contribution in [0.1, 0.15) is 22.9 Å². The number of nitrogens with zero attached hydrogens (tertiary/aromatic N) is 2. The maximum atomic E-state index is 6.20. The maximum absolute atomic E-state index is 6.20. The Morgan fingerprint density at radius 1 is 1.25 bits per heavy atom. The predicted octanol–water partition coefficient (Wildman–Crippen LogP) is 2.20. The van der Waals surface area contributed by atoms with Gasteiger partial charge in [0, 0.05) is 17.9 Å². The zero-order chi connectivity index (χ0) is 11.5. The van der Waals surface area contributed by atoms with Crippen LogP contribution in [0.4, 0.5) is 0 Å². The highest BCUT2D eigenvalue weighted by atomic mass is 15.3. The maximum Gasteiger partial charge on any atom is 0.0605 e. The number of aromatic nitrogens is 2. The summed E-state index contributed by atoms with van der Waals surface area (Å²) in [4.78, 5) is 0. The van der Waals surface area contributed by atoms with E-state index in [4.69, 9.17) is 5.73 Å². The van der Waals surface area contributed by atoms with Crippen molar-refractivity contribution in [2.75, 3.05) is 0 Å². The van der Waals surface area contributed by atoms with Crippen molar-refractivity contribution in [3.8, 4) is 0 Å². The normalized spacial score (nSPS) is 12.7. The quantitative estimate of drug-likeness (QED) is 0.853. The average Bonchev–Trinajstić information content (AvgIpc) is 2.65. The zero-order valence-corrected chi connectivity index (χ0v) is 9.72. The molecule has 1 atom stereocenters. The molecule has 1 unspecified atom stereocenters. The van der Waals surface area contributed by atoms with Gasteiger partial charge in [0.2, 0.25) is 0 Å². The van der Waals surface area contributed by atoms with Gasteiger partial charge in [-0.05, 0) is 31.0 Å². The van der Waals surface area contributed by atoms with E-state index in [9.17, 15) is 0 Å². The Hall–Kier alpha value is -1.61. The van der Waals surface area contributed by atoms with Crippen LogP contribution in [0.25, 0.3) is 0 Å². The van der Waals surface area contributed by atoms with Crippen molar-refractivity contribution < 1.29 is 0 Å². The smallest absolute Gasteiger partial charge is 0.0605 e. The fourth-order valence-electron chi connectivity index (χ4n) is 1.88. The molecule has 0 bridgehead atoms. The highest BCUT2D eigenvalue weighted by molar-refractivity contribution is 5.28. The molecule has 0 aliphatic carbocycles. The molecule has 0 aliphatic rings. The van der Waals surface area contributed by atoms with Crippen molar-refractivity contribution in [2.24, 2.45) is 5.73 Å². The van der Waals surface area contributed by atoms with E-state index in [1.807, 2.05) is 29.8 Å². The van der Waals surface area contributed by atoms with Gasteiger partial charge in [0.05, 0.1) is 6.54 Å². The van der Waals surface area contributed by atoms with Gasteiger partial charge in [-0.2, -0.15) is 5.10 Å². The van der Waals surface area contributed by atoms with Crippen molar-refractivity contribution >= 4 is 0 Å². The van der Waals surface area contributed by atoms with Crippen molar-refractivity contribution in [1.29, 1.82) is 0 Å². The van der Waals surface area contributed by atoms with Gasteiger partial charge in [-0.1, -0.05) is 24.3 Å². The van der Waals surface area contributed by atoms with E-state index in [1.54, 1.807) is 6.20 Å². The number of hydrogen-bond acceptors (Lipinski definition) is 2. The van der Waals surface area contributed by atoms with Crippen LogP contribution in [0, 0.1) is 13.8 Å². The summed E-state index contributed by atoms with van der Waals surface area (Å²) in [5.41, 5.74) is 9.77. The summed E-state index contributed by atoms with van der Waals surface area (Å²) in [5.74, 6) is 0. The van der Waals surface area contributed by atoms with Crippen LogP contribution in [-0.2, 0) is 6.54 Å². The number of hydrogen-bond donors (Lipinski definition) is 1. The lowest BCUT2D eigenvalue weighted by Crippen LogP contribution is -2.19. The van der Waals surface area contributed by atoms with E-state index in [2.05, 4.69) is 24.2 Å². The Balaban J connectivity index is 2.18. The highest BCUT2D eigenvalue weighted by Gasteiger charge is 2.10. The Kier molecular flexibility index (Phi) is 3.06. The minimum atomic E-state index is -0.000185. The molecule has 2 rings (SSSR count). The van der Waals surface area contributed by atoms with Crippen molar-refractivity contribution in [3.63, 3.8) is 0 Å². The molecule has 0 spiro atoms. The zero-order valence-electron chi connectivity index (χ0n) is 9.72. The number of rotatable bonds is 3. The lowest BCUT2D eigenvalue weighted by molar-refractivity contribution is 0.516. The molecule has 0 saturated heterocycles. The summed E-state index contributed by atoms with van der Waals surface area (Å²) in [6, 6.07) is 10.2. The van der Waals surface area contributed by atoms with Gasteiger partial charge in [-0.15, -0.1) is 0 Å². The lowest BCUT2D eigenvalue weighted by atomic mass is 10.0. The van der Waals surface area contributed by atoms with E-state index >= 15 is 0 Å². The standard InChI is InChI=1S/C13H17N3/c1-10-5-3-4-6-12(10)13(14)9-16-11(2)7-8-15-16/h3-8,13H,9,14H2,1-2H3. The molecule has 0 saturated carbocycles.